The van der Waals surface area contributed by atoms with E-state index in [1.807, 2.05) is 24.3 Å². The summed E-state index contributed by atoms with van der Waals surface area (Å²) in [5.41, 5.74) is 5.25. The first-order valence-corrected chi connectivity index (χ1v) is 12.5. The SMILES string of the molecule is CC(C)O.O.O=C(O)c1ccc2c(c1)/C(=C/CN1CCN(c3ccc(F)cc3)CC1)c1ccccc1CO2. The summed E-state index contributed by atoms with van der Waals surface area (Å²) in [6, 6.07) is 19.8. The average Bonchev–Trinajstić information content (AvgIpc) is 3.04. The monoisotopic (exact) mass is 522 g/mol. The number of halogens is 1. The van der Waals surface area contributed by atoms with Crippen LogP contribution in [-0.4, -0.2) is 65.4 Å². The molecule has 1 saturated heterocycles. The highest BCUT2D eigenvalue weighted by atomic mass is 19.1. The summed E-state index contributed by atoms with van der Waals surface area (Å²) in [6.07, 6.45) is 2.02. The smallest absolute Gasteiger partial charge is 0.335 e. The lowest BCUT2D eigenvalue weighted by Crippen LogP contribution is -2.46. The van der Waals surface area contributed by atoms with Gasteiger partial charge in [0, 0.05) is 50.1 Å². The van der Waals surface area contributed by atoms with Crippen molar-refractivity contribution in [1.29, 1.82) is 0 Å². The van der Waals surface area contributed by atoms with Crippen LogP contribution in [0.5, 0.6) is 5.75 Å². The predicted octanol–water partition coefficient (Wildman–Crippen LogP) is 4.23. The molecule has 0 amide bonds. The summed E-state index contributed by atoms with van der Waals surface area (Å²) in [6.45, 7) is 8.16. The van der Waals surface area contributed by atoms with Crippen molar-refractivity contribution in [2.24, 2.45) is 0 Å². The van der Waals surface area contributed by atoms with Crippen molar-refractivity contribution in [2.45, 2.75) is 26.6 Å². The Balaban J connectivity index is 0.000000749. The van der Waals surface area contributed by atoms with Crippen molar-refractivity contribution in [3.63, 3.8) is 0 Å². The molecule has 0 radical (unpaired) electrons. The number of ether oxygens (including phenoxy) is 1. The number of anilines is 1. The third-order valence-corrected chi connectivity index (χ3v) is 6.33. The Morgan fingerprint density at radius 2 is 1.66 bits per heavy atom. The average molecular weight is 523 g/mol. The van der Waals surface area contributed by atoms with Gasteiger partial charge in [0.25, 0.3) is 0 Å². The molecule has 0 unspecified atom stereocenters. The van der Waals surface area contributed by atoms with Gasteiger partial charge >= 0.3 is 5.97 Å². The van der Waals surface area contributed by atoms with Crippen molar-refractivity contribution in [2.75, 3.05) is 37.6 Å². The highest BCUT2D eigenvalue weighted by Crippen LogP contribution is 2.37. The van der Waals surface area contributed by atoms with Crippen LogP contribution in [0.15, 0.2) is 72.8 Å². The van der Waals surface area contributed by atoms with Crippen LogP contribution in [-0.2, 0) is 6.61 Å². The molecule has 4 N–H and O–H groups in total. The van der Waals surface area contributed by atoms with E-state index in [1.54, 1.807) is 32.0 Å². The minimum atomic E-state index is -0.952. The molecule has 3 aromatic carbocycles. The van der Waals surface area contributed by atoms with E-state index in [-0.39, 0.29) is 23.0 Å². The zero-order valence-electron chi connectivity index (χ0n) is 21.7. The van der Waals surface area contributed by atoms with Crippen LogP contribution in [0.2, 0.25) is 0 Å². The number of benzene rings is 3. The fourth-order valence-electron chi connectivity index (χ4n) is 4.49. The standard InChI is InChI=1S/C27H25FN2O3.C3H8O.H2O/c28-21-6-8-22(9-7-21)30-15-13-29(14-16-30)12-11-24-23-4-2-1-3-20(23)18-33-26-10-5-19(27(31)32)17-25(24)26;1-3(2)4;/h1-11,17H,12-16,18H2,(H,31,32);3-4H,1-2H3;1H2/b24-11+;;. The molecular weight excluding hydrogens is 487 g/mol. The molecule has 0 aromatic heterocycles. The highest BCUT2D eigenvalue weighted by molar-refractivity contribution is 5.92. The summed E-state index contributed by atoms with van der Waals surface area (Å²) in [4.78, 5) is 16.2. The van der Waals surface area contributed by atoms with Crippen LogP contribution >= 0.6 is 0 Å². The number of aliphatic hydroxyl groups excluding tert-OH is 1. The third kappa shape index (κ3) is 7.19. The van der Waals surface area contributed by atoms with Gasteiger partial charge < -0.3 is 25.3 Å². The fourth-order valence-corrected chi connectivity index (χ4v) is 4.49. The normalized spacial score (nSPS) is 15.8. The minimum Gasteiger partial charge on any atom is -0.488 e. The molecule has 7 nitrogen and oxygen atoms in total. The van der Waals surface area contributed by atoms with E-state index in [9.17, 15) is 14.3 Å². The summed E-state index contributed by atoms with van der Waals surface area (Å²) in [5.74, 6) is -0.474. The number of aliphatic hydroxyl groups is 1. The van der Waals surface area contributed by atoms with Crippen molar-refractivity contribution in [3.05, 3.63) is 101 Å². The second-order valence-corrected chi connectivity index (χ2v) is 9.44. The van der Waals surface area contributed by atoms with E-state index in [1.165, 1.54) is 12.1 Å². The Labute approximate surface area is 222 Å². The number of hydrogen-bond donors (Lipinski definition) is 2. The molecule has 0 bridgehead atoms. The van der Waals surface area contributed by atoms with E-state index in [0.29, 0.717) is 12.4 Å². The lowest BCUT2D eigenvalue weighted by atomic mass is 9.93. The van der Waals surface area contributed by atoms with E-state index in [0.717, 1.165) is 60.7 Å². The van der Waals surface area contributed by atoms with Crippen molar-refractivity contribution < 1.29 is 29.6 Å². The first-order valence-electron chi connectivity index (χ1n) is 12.5. The van der Waals surface area contributed by atoms with E-state index in [2.05, 4.69) is 28.0 Å². The third-order valence-electron chi connectivity index (χ3n) is 6.33. The summed E-state index contributed by atoms with van der Waals surface area (Å²) in [5, 5.41) is 17.6. The number of carbonyl (C=O) groups is 1. The molecule has 5 rings (SSSR count). The minimum absolute atomic E-state index is 0. The fraction of sp³-hybridized carbons (Fsp3) is 0.300. The zero-order valence-corrected chi connectivity index (χ0v) is 21.7. The van der Waals surface area contributed by atoms with E-state index < -0.39 is 5.97 Å². The molecule has 8 heteroatoms. The molecule has 2 aliphatic heterocycles. The van der Waals surface area contributed by atoms with Crippen molar-refractivity contribution in [1.82, 2.24) is 4.90 Å². The van der Waals surface area contributed by atoms with Crippen LogP contribution in [0.4, 0.5) is 10.1 Å². The quantitative estimate of drug-likeness (QED) is 0.531. The second-order valence-electron chi connectivity index (χ2n) is 9.44. The number of fused-ring (bicyclic) bond motifs is 2. The van der Waals surface area contributed by atoms with Crippen LogP contribution in [0, 0.1) is 5.82 Å². The Morgan fingerprint density at radius 1 is 1.00 bits per heavy atom. The molecular formula is C30H35FN2O5. The second kappa shape index (κ2) is 13.2. The number of rotatable bonds is 4. The van der Waals surface area contributed by atoms with Crippen LogP contribution in [0.3, 0.4) is 0 Å². The van der Waals surface area contributed by atoms with Gasteiger partial charge in [0.2, 0.25) is 0 Å². The summed E-state index contributed by atoms with van der Waals surface area (Å²) >= 11 is 0. The number of aromatic carboxylic acids is 1. The van der Waals surface area contributed by atoms with Crippen molar-refractivity contribution >= 4 is 17.2 Å². The number of carboxylic acids is 1. The van der Waals surface area contributed by atoms with Gasteiger partial charge in [-0.15, -0.1) is 0 Å². The summed E-state index contributed by atoms with van der Waals surface area (Å²) in [7, 11) is 0. The van der Waals surface area contributed by atoms with Gasteiger partial charge in [-0.1, -0.05) is 30.3 Å². The topological polar surface area (TPSA) is 105 Å². The highest BCUT2D eigenvalue weighted by Gasteiger charge is 2.22. The maximum Gasteiger partial charge on any atom is 0.335 e. The van der Waals surface area contributed by atoms with Gasteiger partial charge in [-0.3, -0.25) is 4.90 Å². The maximum atomic E-state index is 13.2. The molecule has 38 heavy (non-hydrogen) atoms. The van der Waals surface area contributed by atoms with Gasteiger partial charge in [-0.25, -0.2) is 9.18 Å². The zero-order chi connectivity index (χ0) is 26.4. The molecule has 202 valence electrons. The first-order chi connectivity index (χ1) is 17.8. The Bertz CT molecular complexity index is 1250. The number of nitrogens with zero attached hydrogens (tertiary/aromatic N) is 2. The molecule has 0 aliphatic carbocycles. The molecule has 0 saturated carbocycles. The lowest BCUT2D eigenvalue weighted by Gasteiger charge is -2.35. The largest absolute Gasteiger partial charge is 0.488 e. The molecule has 0 atom stereocenters. The molecule has 0 spiro atoms. The van der Waals surface area contributed by atoms with Crippen molar-refractivity contribution in [3.8, 4) is 5.75 Å². The molecule has 2 heterocycles. The van der Waals surface area contributed by atoms with E-state index >= 15 is 0 Å². The maximum absolute atomic E-state index is 13.2. The Hall–Kier alpha value is -3.72. The van der Waals surface area contributed by atoms with Gasteiger partial charge in [0.05, 0.1) is 5.56 Å². The van der Waals surface area contributed by atoms with Gasteiger partial charge in [-0.2, -0.15) is 0 Å². The van der Waals surface area contributed by atoms with Gasteiger partial charge in [0.1, 0.15) is 18.2 Å². The first kappa shape index (κ1) is 28.8. The lowest BCUT2D eigenvalue weighted by molar-refractivity contribution is 0.0696. The molecule has 2 aliphatic rings. The van der Waals surface area contributed by atoms with Crippen LogP contribution in [0.1, 0.15) is 40.9 Å². The van der Waals surface area contributed by atoms with E-state index in [4.69, 9.17) is 9.84 Å². The molecule has 3 aromatic rings. The van der Waals surface area contributed by atoms with Crippen LogP contribution < -0.4 is 9.64 Å². The number of piperazine rings is 1. The number of hydrogen-bond acceptors (Lipinski definition) is 5. The van der Waals surface area contributed by atoms with Gasteiger partial charge in [0.15, 0.2) is 0 Å². The predicted molar refractivity (Wildman–Crippen MR) is 147 cm³/mol. The van der Waals surface area contributed by atoms with Crippen LogP contribution in [0.25, 0.3) is 5.57 Å². The van der Waals surface area contributed by atoms with Gasteiger partial charge in [-0.05, 0) is 73.0 Å². The summed E-state index contributed by atoms with van der Waals surface area (Å²) < 4.78 is 19.3. The Kier molecular flexibility index (Phi) is 10.0. The molecule has 1 fully saturated rings. The number of carboxylic acid groups (broad SMARTS) is 1. The Morgan fingerprint density at radius 3 is 2.32 bits per heavy atom.